The summed E-state index contributed by atoms with van der Waals surface area (Å²) in [6, 6.07) is 14.9. The van der Waals surface area contributed by atoms with Crippen LogP contribution in [0.2, 0.25) is 0 Å². The van der Waals surface area contributed by atoms with Crippen LogP contribution in [0.3, 0.4) is 0 Å². The summed E-state index contributed by atoms with van der Waals surface area (Å²) in [5, 5.41) is 14.0. The standard InChI is InChI=1S/C19H17FN4S/c1-12(16-4-2-3-13-9-10-25-18(13)16)21-11-17-22-19(24-23-17)14-5-7-15(20)8-6-14/h2-10,12,21H,11H2,1H3,(H,22,23,24). The molecule has 4 rings (SSSR count). The summed E-state index contributed by atoms with van der Waals surface area (Å²) in [6.45, 7) is 2.73. The molecule has 2 aromatic heterocycles. The van der Waals surface area contributed by atoms with Crippen molar-refractivity contribution in [3.63, 3.8) is 0 Å². The number of aromatic amines is 1. The quantitative estimate of drug-likeness (QED) is 0.548. The fraction of sp³-hybridized carbons (Fsp3) is 0.158. The van der Waals surface area contributed by atoms with Gasteiger partial charge in [0.2, 0.25) is 0 Å². The van der Waals surface area contributed by atoms with E-state index in [-0.39, 0.29) is 11.9 Å². The molecule has 4 aromatic rings. The summed E-state index contributed by atoms with van der Waals surface area (Å²) in [4.78, 5) is 4.48. The van der Waals surface area contributed by atoms with Crippen LogP contribution in [0.1, 0.15) is 24.4 Å². The SMILES string of the molecule is CC(NCc1nc(-c2ccc(F)cc2)n[nH]1)c1cccc2ccsc12. The first kappa shape index (κ1) is 15.9. The third-order valence-corrected chi connectivity index (χ3v) is 5.17. The Morgan fingerprint density at radius 3 is 2.84 bits per heavy atom. The highest BCUT2D eigenvalue weighted by molar-refractivity contribution is 7.17. The molecular formula is C19H17FN4S. The second-order valence-corrected chi connectivity index (χ2v) is 6.82. The van der Waals surface area contributed by atoms with Gasteiger partial charge in [0, 0.05) is 16.3 Å². The largest absolute Gasteiger partial charge is 0.303 e. The van der Waals surface area contributed by atoms with E-state index in [1.165, 1.54) is 27.8 Å². The lowest BCUT2D eigenvalue weighted by atomic mass is 10.1. The Kier molecular flexibility index (Phi) is 4.29. The van der Waals surface area contributed by atoms with E-state index in [0.717, 1.165) is 11.4 Å². The van der Waals surface area contributed by atoms with Crippen LogP contribution in [-0.4, -0.2) is 15.2 Å². The molecular weight excluding hydrogens is 335 g/mol. The molecule has 4 nitrogen and oxygen atoms in total. The van der Waals surface area contributed by atoms with Gasteiger partial charge in [0.1, 0.15) is 11.6 Å². The molecule has 0 radical (unpaired) electrons. The van der Waals surface area contributed by atoms with Crippen LogP contribution in [0.15, 0.2) is 53.9 Å². The van der Waals surface area contributed by atoms with Gasteiger partial charge < -0.3 is 5.32 Å². The number of rotatable bonds is 5. The van der Waals surface area contributed by atoms with Crippen molar-refractivity contribution in [1.82, 2.24) is 20.5 Å². The minimum absolute atomic E-state index is 0.196. The summed E-state index contributed by atoms with van der Waals surface area (Å²) < 4.78 is 14.3. The molecule has 1 unspecified atom stereocenters. The van der Waals surface area contributed by atoms with Gasteiger partial charge in [0.25, 0.3) is 0 Å². The van der Waals surface area contributed by atoms with Gasteiger partial charge in [-0.25, -0.2) is 9.37 Å². The highest BCUT2D eigenvalue weighted by Gasteiger charge is 2.11. The smallest absolute Gasteiger partial charge is 0.181 e. The molecule has 1 atom stereocenters. The molecule has 0 aliphatic carbocycles. The van der Waals surface area contributed by atoms with Gasteiger partial charge >= 0.3 is 0 Å². The maximum atomic E-state index is 13.0. The number of nitrogens with one attached hydrogen (secondary N) is 2. The van der Waals surface area contributed by atoms with E-state index in [9.17, 15) is 4.39 Å². The first-order valence-electron chi connectivity index (χ1n) is 8.07. The normalized spacial score (nSPS) is 12.6. The number of halogens is 1. The molecule has 126 valence electrons. The van der Waals surface area contributed by atoms with Crippen molar-refractivity contribution in [1.29, 1.82) is 0 Å². The van der Waals surface area contributed by atoms with E-state index in [1.54, 1.807) is 23.5 Å². The Morgan fingerprint density at radius 2 is 2.00 bits per heavy atom. The average molecular weight is 352 g/mol. The van der Waals surface area contributed by atoms with Crippen LogP contribution >= 0.6 is 11.3 Å². The lowest BCUT2D eigenvalue weighted by Gasteiger charge is -2.14. The number of thiophene rings is 1. The van der Waals surface area contributed by atoms with Gasteiger partial charge in [0.05, 0.1) is 6.54 Å². The van der Waals surface area contributed by atoms with Gasteiger partial charge in [-0.2, -0.15) is 5.10 Å². The van der Waals surface area contributed by atoms with Crippen molar-refractivity contribution in [3.8, 4) is 11.4 Å². The number of aromatic nitrogens is 3. The fourth-order valence-corrected chi connectivity index (χ4v) is 3.82. The number of nitrogens with zero attached hydrogens (tertiary/aromatic N) is 2. The van der Waals surface area contributed by atoms with Gasteiger partial charge in [0.15, 0.2) is 5.82 Å². The second kappa shape index (κ2) is 6.74. The van der Waals surface area contributed by atoms with E-state index in [1.807, 2.05) is 0 Å². The Bertz CT molecular complexity index is 990. The predicted molar refractivity (Wildman–Crippen MR) is 98.9 cm³/mol. The Hall–Kier alpha value is -2.57. The lowest BCUT2D eigenvalue weighted by Crippen LogP contribution is -2.19. The minimum Gasteiger partial charge on any atom is -0.303 e. The van der Waals surface area contributed by atoms with Crippen LogP contribution in [0.4, 0.5) is 4.39 Å². The minimum atomic E-state index is -0.266. The highest BCUT2D eigenvalue weighted by atomic mass is 32.1. The van der Waals surface area contributed by atoms with Crippen LogP contribution in [-0.2, 0) is 6.54 Å². The van der Waals surface area contributed by atoms with Crippen LogP contribution in [0.25, 0.3) is 21.5 Å². The first-order chi connectivity index (χ1) is 12.2. The van der Waals surface area contributed by atoms with Gasteiger partial charge in [-0.1, -0.05) is 18.2 Å². The van der Waals surface area contributed by atoms with Crippen molar-refractivity contribution < 1.29 is 4.39 Å². The molecule has 0 saturated carbocycles. The molecule has 0 saturated heterocycles. The van der Waals surface area contributed by atoms with Gasteiger partial charge in [-0.3, -0.25) is 5.10 Å². The van der Waals surface area contributed by atoms with Crippen molar-refractivity contribution in [3.05, 3.63) is 71.1 Å². The van der Waals surface area contributed by atoms with Crippen molar-refractivity contribution in [2.24, 2.45) is 0 Å². The molecule has 6 heteroatoms. The summed E-state index contributed by atoms with van der Waals surface area (Å²) in [5.41, 5.74) is 2.08. The van der Waals surface area contributed by atoms with Crippen LogP contribution in [0, 0.1) is 5.82 Å². The number of hydrogen-bond donors (Lipinski definition) is 2. The summed E-state index contributed by atoms with van der Waals surface area (Å²) in [6.07, 6.45) is 0. The maximum absolute atomic E-state index is 13.0. The second-order valence-electron chi connectivity index (χ2n) is 5.90. The zero-order valence-electron chi connectivity index (χ0n) is 13.7. The predicted octanol–water partition coefficient (Wildman–Crippen LogP) is 4.68. The number of hydrogen-bond acceptors (Lipinski definition) is 4. The third kappa shape index (κ3) is 3.31. The molecule has 0 aliphatic rings. The van der Waals surface area contributed by atoms with E-state index >= 15 is 0 Å². The molecule has 2 aromatic carbocycles. The van der Waals surface area contributed by atoms with Crippen LogP contribution < -0.4 is 5.32 Å². The Morgan fingerprint density at radius 1 is 1.16 bits per heavy atom. The van der Waals surface area contributed by atoms with E-state index in [0.29, 0.717) is 12.4 Å². The molecule has 0 amide bonds. The highest BCUT2D eigenvalue weighted by Crippen LogP contribution is 2.29. The summed E-state index contributed by atoms with van der Waals surface area (Å²) >= 11 is 1.76. The number of benzene rings is 2. The van der Waals surface area contributed by atoms with Gasteiger partial charge in [-0.15, -0.1) is 11.3 Å². The van der Waals surface area contributed by atoms with Crippen molar-refractivity contribution in [2.45, 2.75) is 19.5 Å². The Labute approximate surface area is 148 Å². The molecule has 0 spiro atoms. The topological polar surface area (TPSA) is 53.6 Å². The molecule has 25 heavy (non-hydrogen) atoms. The van der Waals surface area contributed by atoms with E-state index < -0.39 is 0 Å². The van der Waals surface area contributed by atoms with Crippen molar-refractivity contribution in [2.75, 3.05) is 0 Å². The number of H-pyrrole nitrogens is 1. The molecule has 0 bridgehead atoms. The zero-order valence-corrected chi connectivity index (χ0v) is 14.5. The van der Waals surface area contributed by atoms with E-state index in [4.69, 9.17) is 0 Å². The lowest BCUT2D eigenvalue weighted by molar-refractivity contribution is 0.564. The molecule has 0 fully saturated rings. The molecule has 2 N–H and O–H groups in total. The van der Waals surface area contributed by atoms with Gasteiger partial charge in [-0.05, 0) is 53.6 Å². The van der Waals surface area contributed by atoms with E-state index in [2.05, 4.69) is 57.1 Å². The Balaban J connectivity index is 1.46. The zero-order chi connectivity index (χ0) is 17.2. The molecule has 0 aliphatic heterocycles. The monoisotopic (exact) mass is 352 g/mol. The summed E-state index contributed by atoms with van der Waals surface area (Å²) in [5.74, 6) is 1.06. The third-order valence-electron chi connectivity index (χ3n) is 4.19. The molecule has 2 heterocycles. The average Bonchev–Trinajstić information content (AvgIpc) is 3.29. The first-order valence-corrected chi connectivity index (χ1v) is 8.95. The number of fused-ring (bicyclic) bond motifs is 1. The fourth-order valence-electron chi connectivity index (χ4n) is 2.82. The van der Waals surface area contributed by atoms with Crippen LogP contribution in [0.5, 0.6) is 0 Å². The summed E-state index contributed by atoms with van der Waals surface area (Å²) in [7, 11) is 0. The maximum Gasteiger partial charge on any atom is 0.181 e. The van der Waals surface area contributed by atoms with Crippen molar-refractivity contribution >= 4 is 21.4 Å².